The number of aromatic nitrogens is 3. The standard InChI is InChI=1S/C11H12N4O2/c1-2-8-9(11(16)17)10(12)14-15(8)7-4-3-5-13-6-7/h3-6H,2H2,1H3,(H2,12,14)(H,16,17). The zero-order valence-electron chi connectivity index (χ0n) is 9.29. The highest BCUT2D eigenvalue weighted by molar-refractivity contribution is 5.94. The Morgan fingerprint density at radius 1 is 1.59 bits per heavy atom. The van der Waals surface area contributed by atoms with Crippen molar-refractivity contribution in [2.75, 3.05) is 5.73 Å². The number of pyridine rings is 1. The number of hydrogen-bond donors (Lipinski definition) is 2. The molecule has 0 atom stereocenters. The molecule has 6 heteroatoms. The smallest absolute Gasteiger partial charge is 0.341 e. The molecular formula is C11H12N4O2. The fourth-order valence-electron chi connectivity index (χ4n) is 1.72. The molecule has 0 aliphatic carbocycles. The van der Waals surface area contributed by atoms with Gasteiger partial charge in [0.1, 0.15) is 5.56 Å². The number of carboxylic acids is 1. The van der Waals surface area contributed by atoms with Crippen LogP contribution in [0.5, 0.6) is 0 Å². The summed E-state index contributed by atoms with van der Waals surface area (Å²) in [5.41, 5.74) is 6.96. The quantitative estimate of drug-likeness (QED) is 0.826. The van der Waals surface area contributed by atoms with Crippen LogP contribution in [-0.2, 0) is 6.42 Å². The predicted molar refractivity (Wildman–Crippen MR) is 62.1 cm³/mol. The van der Waals surface area contributed by atoms with Crippen molar-refractivity contribution in [3.8, 4) is 5.69 Å². The number of nitrogens with zero attached hydrogens (tertiary/aromatic N) is 3. The summed E-state index contributed by atoms with van der Waals surface area (Å²) in [5, 5.41) is 13.1. The maximum atomic E-state index is 11.1. The Bertz CT molecular complexity index is 548. The molecule has 0 fully saturated rings. The van der Waals surface area contributed by atoms with Crippen LogP contribution in [-0.4, -0.2) is 25.8 Å². The number of rotatable bonds is 3. The van der Waals surface area contributed by atoms with E-state index in [0.717, 1.165) is 0 Å². The second kappa shape index (κ2) is 4.25. The minimum Gasteiger partial charge on any atom is -0.477 e. The molecule has 3 N–H and O–H groups in total. The average molecular weight is 232 g/mol. The Balaban J connectivity index is 2.64. The van der Waals surface area contributed by atoms with Crippen LogP contribution in [0.2, 0.25) is 0 Å². The van der Waals surface area contributed by atoms with E-state index in [4.69, 9.17) is 10.8 Å². The molecule has 0 saturated carbocycles. The summed E-state index contributed by atoms with van der Waals surface area (Å²) in [6, 6.07) is 3.55. The minimum absolute atomic E-state index is 0.0261. The number of carbonyl (C=O) groups is 1. The van der Waals surface area contributed by atoms with Gasteiger partial charge in [-0.2, -0.15) is 0 Å². The molecule has 0 saturated heterocycles. The summed E-state index contributed by atoms with van der Waals surface area (Å²) < 4.78 is 1.52. The summed E-state index contributed by atoms with van der Waals surface area (Å²) in [7, 11) is 0. The monoisotopic (exact) mass is 232 g/mol. The summed E-state index contributed by atoms with van der Waals surface area (Å²) in [5.74, 6) is -1.03. The number of anilines is 1. The normalized spacial score (nSPS) is 10.4. The zero-order chi connectivity index (χ0) is 12.4. The largest absolute Gasteiger partial charge is 0.477 e. The van der Waals surface area contributed by atoms with Crippen LogP contribution in [0.25, 0.3) is 5.69 Å². The molecule has 17 heavy (non-hydrogen) atoms. The van der Waals surface area contributed by atoms with Gasteiger partial charge in [-0.25, -0.2) is 9.48 Å². The van der Waals surface area contributed by atoms with E-state index in [1.807, 2.05) is 6.92 Å². The third kappa shape index (κ3) is 1.84. The van der Waals surface area contributed by atoms with Gasteiger partial charge in [0.2, 0.25) is 0 Å². The van der Waals surface area contributed by atoms with E-state index in [-0.39, 0.29) is 11.4 Å². The molecule has 0 amide bonds. The fraction of sp³-hybridized carbons (Fsp3) is 0.182. The van der Waals surface area contributed by atoms with E-state index in [9.17, 15) is 4.79 Å². The molecule has 0 aliphatic rings. The van der Waals surface area contributed by atoms with Gasteiger partial charge in [-0.15, -0.1) is 5.10 Å². The van der Waals surface area contributed by atoms with Crippen molar-refractivity contribution in [2.24, 2.45) is 0 Å². The number of aromatic carboxylic acids is 1. The van der Waals surface area contributed by atoms with Gasteiger partial charge in [-0.05, 0) is 18.6 Å². The van der Waals surface area contributed by atoms with Crippen molar-refractivity contribution in [2.45, 2.75) is 13.3 Å². The predicted octanol–water partition coefficient (Wildman–Crippen LogP) is 1.11. The van der Waals surface area contributed by atoms with Crippen LogP contribution < -0.4 is 5.73 Å². The van der Waals surface area contributed by atoms with Crippen molar-refractivity contribution < 1.29 is 9.90 Å². The Labute approximate surface area is 97.7 Å². The van der Waals surface area contributed by atoms with Gasteiger partial charge in [0, 0.05) is 6.20 Å². The highest BCUT2D eigenvalue weighted by Gasteiger charge is 2.21. The van der Waals surface area contributed by atoms with Gasteiger partial charge in [-0.3, -0.25) is 4.98 Å². The van der Waals surface area contributed by atoms with Gasteiger partial charge < -0.3 is 10.8 Å². The third-order valence-corrected chi connectivity index (χ3v) is 2.45. The van der Waals surface area contributed by atoms with Crippen molar-refractivity contribution in [1.82, 2.24) is 14.8 Å². The molecule has 0 aliphatic heterocycles. The lowest BCUT2D eigenvalue weighted by atomic mass is 10.2. The maximum absolute atomic E-state index is 11.1. The van der Waals surface area contributed by atoms with E-state index in [1.165, 1.54) is 4.68 Å². The topological polar surface area (TPSA) is 94.0 Å². The molecule has 88 valence electrons. The van der Waals surface area contributed by atoms with E-state index in [0.29, 0.717) is 17.8 Å². The van der Waals surface area contributed by atoms with E-state index >= 15 is 0 Å². The second-order valence-corrected chi connectivity index (χ2v) is 3.49. The fourth-order valence-corrected chi connectivity index (χ4v) is 1.72. The highest BCUT2D eigenvalue weighted by Crippen LogP contribution is 2.20. The Morgan fingerprint density at radius 2 is 2.35 bits per heavy atom. The zero-order valence-corrected chi connectivity index (χ0v) is 9.29. The number of nitrogens with two attached hydrogens (primary N) is 1. The van der Waals surface area contributed by atoms with Crippen molar-refractivity contribution in [1.29, 1.82) is 0 Å². The molecule has 6 nitrogen and oxygen atoms in total. The van der Waals surface area contributed by atoms with Crippen molar-refractivity contribution >= 4 is 11.8 Å². The summed E-state index contributed by atoms with van der Waals surface area (Å²) in [4.78, 5) is 15.1. The van der Waals surface area contributed by atoms with Gasteiger partial charge in [0.05, 0.1) is 17.6 Å². The Kier molecular flexibility index (Phi) is 2.78. The van der Waals surface area contributed by atoms with Crippen molar-refractivity contribution in [3.63, 3.8) is 0 Å². The molecule has 0 spiro atoms. The van der Waals surface area contributed by atoms with Crippen LogP contribution >= 0.6 is 0 Å². The second-order valence-electron chi connectivity index (χ2n) is 3.49. The Morgan fingerprint density at radius 3 is 2.88 bits per heavy atom. The van der Waals surface area contributed by atoms with Crippen LogP contribution in [0.1, 0.15) is 23.0 Å². The molecule has 0 aromatic carbocycles. The lowest BCUT2D eigenvalue weighted by molar-refractivity contribution is 0.0697. The maximum Gasteiger partial charge on any atom is 0.341 e. The number of carboxylic acid groups (broad SMARTS) is 1. The molecule has 0 radical (unpaired) electrons. The summed E-state index contributed by atoms with van der Waals surface area (Å²) in [6.07, 6.45) is 3.78. The number of nitrogen functional groups attached to an aromatic ring is 1. The van der Waals surface area contributed by atoms with Gasteiger partial charge in [0.25, 0.3) is 0 Å². The lowest BCUT2D eigenvalue weighted by Crippen LogP contribution is -2.06. The van der Waals surface area contributed by atoms with Crippen LogP contribution in [0.15, 0.2) is 24.5 Å². The van der Waals surface area contributed by atoms with E-state index < -0.39 is 5.97 Å². The first kappa shape index (κ1) is 11.1. The minimum atomic E-state index is -1.06. The van der Waals surface area contributed by atoms with E-state index in [2.05, 4.69) is 10.1 Å². The molecular weight excluding hydrogens is 220 g/mol. The SMILES string of the molecule is CCc1c(C(=O)O)c(N)nn1-c1cccnc1. The molecule has 2 aromatic heterocycles. The summed E-state index contributed by atoms with van der Waals surface area (Å²) >= 11 is 0. The van der Waals surface area contributed by atoms with Crippen LogP contribution in [0.4, 0.5) is 5.82 Å². The first-order valence-electron chi connectivity index (χ1n) is 5.16. The highest BCUT2D eigenvalue weighted by atomic mass is 16.4. The van der Waals surface area contributed by atoms with E-state index in [1.54, 1.807) is 24.5 Å². The molecule has 2 heterocycles. The first-order valence-corrected chi connectivity index (χ1v) is 5.16. The van der Waals surface area contributed by atoms with Crippen molar-refractivity contribution in [3.05, 3.63) is 35.8 Å². The van der Waals surface area contributed by atoms with Crippen LogP contribution in [0, 0.1) is 0 Å². The first-order chi connectivity index (χ1) is 8.15. The number of hydrogen-bond acceptors (Lipinski definition) is 4. The molecule has 2 aromatic rings. The average Bonchev–Trinajstić information content (AvgIpc) is 2.67. The molecule has 2 rings (SSSR count). The molecule has 0 unspecified atom stereocenters. The molecule has 0 bridgehead atoms. The summed E-state index contributed by atoms with van der Waals surface area (Å²) in [6.45, 7) is 1.86. The third-order valence-electron chi connectivity index (χ3n) is 2.45. The van der Waals surface area contributed by atoms with Gasteiger partial charge >= 0.3 is 5.97 Å². The van der Waals surface area contributed by atoms with Gasteiger partial charge in [-0.1, -0.05) is 6.92 Å². The Hall–Kier alpha value is -2.37. The lowest BCUT2D eigenvalue weighted by Gasteiger charge is -2.04. The van der Waals surface area contributed by atoms with Crippen LogP contribution in [0.3, 0.4) is 0 Å². The van der Waals surface area contributed by atoms with Gasteiger partial charge in [0.15, 0.2) is 5.82 Å².